The molecule has 4 rings (SSSR count). The normalized spacial score (nSPS) is 18.9. The third kappa shape index (κ3) is 4.81. The lowest BCUT2D eigenvalue weighted by Crippen LogP contribution is -2.42. The number of ether oxygens (including phenoxy) is 1. The van der Waals surface area contributed by atoms with Gasteiger partial charge in [0.25, 0.3) is 5.91 Å². The molecule has 0 spiro atoms. The van der Waals surface area contributed by atoms with Crippen LogP contribution in [0, 0.1) is 0 Å². The van der Waals surface area contributed by atoms with E-state index >= 15 is 0 Å². The molecular weight excluding hydrogens is 426 g/mol. The zero-order valence-electron chi connectivity index (χ0n) is 17.5. The summed E-state index contributed by atoms with van der Waals surface area (Å²) in [5.74, 6) is 0.150. The van der Waals surface area contributed by atoms with E-state index < -0.39 is 12.1 Å². The molecule has 1 heterocycles. The molecular formula is C25H23ClN3O3+. The van der Waals surface area contributed by atoms with Gasteiger partial charge in [0.05, 0.1) is 6.61 Å². The monoisotopic (exact) mass is 448 g/mol. The first-order valence-corrected chi connectivity index (χ1v) is 10.7. The number of amides is 2. The molecule has 1 fully saturated rings. The van der Waals surface area contributed by atoms with Crippen molar-refractivity contribution in [3.63, 3.8) is 0 Å². The number of benzene rings is 3. The van der Waals surface area contributed by atoms with Gasteiger partial charge in [-0.25, -0.2) is 0 Å². The van der Waals surface area contributed by atoms with Gasteiger partial charge in [0.15, 0.2) is 6.04 Å². The Morgan fingerprint density at radius 3 is 2.41 bits per heavy atom. The predicted octanol–water partition coefficient (Wildman–Crippen LogP) is 3.75. The van der Waals surface area contributed by atoms with E-state index in [0.717, 1.165) is 16.9 Å². The van der Waals surface area contributed by atoms with Crippen LogP contribution in [0.4, 0.5) is 0 Å². The quantitative estimate of drug-likeness (QED) is 0.564. The number of carbonyl (C=O) groups excluding carboxylic acids is 2. The first-order chi connectivity index (χ1) is 15.5. The minimum atomic E-state index is -0.778. The summed E-state index contributed by atoms with van der Waals surface area (Å²) in [7, 11) is 0. The number of hydrazone groups is 1. The minimum Gasteiger partial charge on any atom is -0.494 e. The molecule has 2 N–H and O–H groups in total. The first kappa shape index (κ1) is 21.6. The topological polar surface area (TPSA) is 70.4 Å². The fraction of sp³-hybridized carbons (Fsp3) is 0.160. The van der Waals surface area contributed by atoms with Crippen LogP contribution in [0.3, 0.4) is 0 Å². The van der Waals surface area contributed by atoms with Crippen LogP contribution in [-0.4, -0.2) is 35.4 Å². The Morgan fingerprint density at radius 1 is 1.06 bits per heavy atom. The molecule has 6 nitrogen and oxygen atoms in total. The van der Waals surface area contributed by atoms with Crippen LogP contribution in [0.5, 0.6) is 5.75 Å². The number of rotatable bonds is 6. The van der Waals surface area contributed by atoms with Gasteiger partial charge in [-0.3, -0.25) is 9.59 Å². The number of nitrogens with zero attached hydrogens (tertiary/aromatic N) is 1. The number of carbonyl (C=O) groups is 2. The van der Waals surface area contributed by atoms with Gasteiger partial charge in [0.2, 0.25) is 12.3 Å². The Bertz CT molecular complexity index is 1130. The molecule has 3 aromatic carbocycles. The highest BCUT2D eigenvalue weighted by molar-refractivity contribution is 6.30. The maximum atomic E-state index is 12.9. The standard InChI is InChI=1S/C25H22ClN3O3/c1-2-32-21-14-8-17(9-15-21)16-29-23(18-6-4-3-5-7-18)22(25(31)28-29)27-24(30)19-10-12-20(26)13-11-19/h3-16,22-23H,2H2,1H3,(H-,27,28,30,31)/p+1/b29-16-/t22-,23-/m0/s1. The van der Waals surface area contributed by atoms with Crippen LogP contribution in [0.15, 0.2) is 78.9 Å². The SMILES string of the molecule is CCOc1ccc(/C=[N+]2\NC(=O)[C@@H](NC(=O)c3ccc(Cl)cc3)[C@@H]2c2ccccc2)cc1. The largest absolute Gasteiger partial charge is 0.494 e. The van der Waals surface area contributed by atoms with E-state index in [4.69, 9.17) is 16.3 Å². The number of halogens is 1. The van der Waals surface area contributed by atoms with E-state index in [1.807, 2.05) is 67.7 Å². The Labute approximate surface area is 191 Å². The molecule has 0 saturated carbocycles. The molecule has 1 aliphatic rings. The molecule has 2 atom stereocenters. The van der Waals surface area contributed by atoms with Crippen LogP contribution in [0.2, 0.25) is 5.02 Å². The number of hydrazine groups is 1. The summed E-state index contributed by atoms with van der Waals surface area (Å²) in [6, 6.07) is 22.5. The van der Waals surface area contributed by atoms with Crippen molar-refractivity contribution in [1.82, 2.24) is 10.7 Å². The van der Waals surface area contributed by atoms with Crippen molar-refractivity contribution in [3.8, 4) is 5.75 Å². The first-order valence-electron chi connectivity index (χ1n) is 10.3. The number of nitrogens with one attached hydrogen (secondary N) is 2. The molecule has 162 valence electrons. The Balaban J connectivity index is 1.64. The maximum absolute atomic E-state index is 12.9. The summed E-state index contributed by atoms with van der Waals surface area (Å²) in [6.45, 7) is 2.53. The molecule has 32 heavy (non-hydrogen) atoms. The van der Waals surface area contributed by atoms with Gasteiger partial charge in [0, 0.05) is 21.7 Å². The summed E-state index contributed by atoms with van der Waals surface area (Å²) in [5.41, 5.74) is 5.10. The van der Waals surface area contributed by atoms with Gasteiger partial charge in [-0.05, 0) is 55.5 Å². The second-order valence-corrected chi connectivity index (χ2v) is 7.76. The minimum absolute atomic E-state index is 0.289. The van der Waals surface area contributed by atoms with Crippen molar-refractivity contribution in [3.05, 3.63) is 101 Å². The van der Waals surface area contributed by atoms with E-state index in [0.29, 0.717) is 17.2 Å². The lowest BCUT2D eigenvalue weighted by Gasteiger charge is -2.14. The van der Waals surface area contributed by atoms with E-state index in [2.05, 4.69) is 10.7 Å². The lowest BCUT2D eigenvalue weighted by molar-refractivity contribution is -0.596. The van der Waals surface area contributed by atoms with Crippen molar-refractivity contribution < 1.29 is 19.0 Å². The molecule has 0 bridgehead atoms. The highest BCUT2D eigenvalue weighted by Crippen LogP contribution is 2.25. The van der Waals surface area contributed by atoms with E-state index in [1.165, 1.54) is 0 Å². The molecule has 7 heteroatoms. The third-order valence-electron chi connectivity index (χ3n) is 5.15. The average Bonchev–Trinajstić information content (AvgIpc) is 3.10. The molecule has 3 aromatic rings. The Morgan fingerprint density at radius 2 is 1.75 bits per heavy atom. The molecule has 0 aromatic heterocycles. The van der Waals surface area contributed by atoms with Crippen molar-refractivity contribution >= 4 is 29.6 Å². The van der Waals surface area contributed by atoms with E-state index in [-0.39, 0.29) is 11.8 Å². The van der Waals surface area contributed by atoms with E-state index in [9.17, 15) is 9.59 Å². The summed E-state index contributed by atoms with van der Waals surface area (Å²) >= 11 is 5.92. The molecule has 2 amide bonds. The lowest BCUT2D eigenvalue weighted by atomic mass is 10.00. The highest BCUT2D eigenvalue weighted by Gasteiger charge is 2.47. The summed E-state index contributed by atoms with van der Waals surface area (Å²) in [4.78, 5) is 25.7. The zero-order chi connectivity index (χ0) is 22.5. The van der Waals surface area contributed by atoms with E-state index in [1.54, 1.807) is 28.9 Å². The maximum Gasteiger partial charge on any atom is 0.304 e. The zero-order valence-corrected chi connectivity index (χ0v) is 18.3. The van der Waals surface area contributed by atoms with Gasteiger partial charge in [-0.2, -0.15) is 0 Å². The summed E-state index contributed by atoms with van der Waals surface area (Å²) in [6.07, 6.45) is 1.85. The number of hydrogen-bond donors (Lipinski definition) is 2. The van der Waals surface area contributed by atoms with Crippen LogP contribution in [-0.2, 0) is 4.79 Å². The molecule has 1 saturated heterocycles. The van der Waals surface area contributed by atoms with Crippen LogP contribution >= 0.6 is 11.6 Å². The summed E-state index contributed by atoms with van der Waals surface area (Å²) in [5, 5.41) is 3.42. The van der Waals surface area contributed by atoms with Crippen molar-refractivity contribution in [2.24, 2.45) is 0 Å². The summed E-state index contributed by atoms with van der Waals surface area (Å²) < 4.78 is 7.23. The van der Waals surface area contributed by atoms with Crippen molar-refractivity contribution in [2.45, 2.75) is 19.0 Å². The predicted molar refractivity (Wildman–Crippen MR) is 123 cm³/mol. The third-order valence-corrected chi connectivity index (χ3v) is 5.40. The molecule has 1 aliphatic heterocycles. The fourth-order valence-electron chi connectivity index (χ4n) is 3.63. The van der Waals surface area contributed by atoms with Crippen LogP contribution in [0.1, 0.15) is 34.5 Å². The number of hydrogen-bond acceptors (Lipinski definition) is 3. The van der Waals surface area contributed by atoms with Crippen LogP contribution in [0.25, 0.3) is 0 Å². The van der Waals surface area contributed by atoms with Gasteiger partial charge < -0.3 is 10.1 Å². The Hall–Kier alpha value is -3.64. The van der Waals surface area contributed by atoms with Gasteiger partial charge in [0.1, 0.15) is 5.75 Å². The fourth-order valence-corrected chi connectivity index (χ4v) is 3.76. The molecule has 0 unspecified atom stereocenters. The van der Waals surface area contributed by atoms with Crippen molar-refractivity contribution in [1.29, 1.82) is 0 Å². The van der Waals surface area contributed by atoms with Gasteiger partial charge in [-0.15, -0.1) is 10.1 Å². The van der Waals surface area contributed by atoms with Gasteiger partial charge >= 0.3 is 5.91 Å². The smallest absolute Gasteiger partial charge is 0.304 e. The average molecular weight is 449 g/mol. The van der Waals surface area contributed by atoms with Gasteiger partial charge in [-0.1, -0.05) is 41.9 Å². The molecule has 0 aliphatic carbocycles. The van der Waals surface area contributed by atoms with Crippen molar-refractivity contribution in [2.75, 3.05) is 6.61 Å². The van der Waals surface area contributed by atoms with Crippen LogP contribution < -0.4 is 15.5 Å². The highest BCUT2D eigenvalue weighted by atomic mass is 35.5. The second-order valence-electron chi connectivity index (χ2n) is 7.33. The second kappa shape index (κ2) is 9.66. The Kier molecular flexibility index (Phi) is 6.52. The molecule has 0 radical (unpaired) electrons.